The van der Waals surface area contributed by atoms with Crippen LogP contribution >= 0.6 is 0 Å². The van der Waals surface area contributed by atoms with Crippen molar-refractivity contribution in [2.45, 2.75) is 31.6 Å². The number of ether oxygens (including phenoxy) is 4. The van der Waals surface area contributed by atoms with E-state index in [1.807, 2.05) is 26.0 Å². The van der Waals surface area contributed by atoms with Gasteiger partial charge in [0, 0.05) is 44.7 Å². The van der Waals surface area contributed by atoms with Crippen molar-refractivity contribution in [3.05, 3.63) is 42.0 Å². The molecule has 0 bridgehead atoms. The van der Waals surface area contributed by atoms with Crippen LogP contribution in [0.25, 0.3) is 0 Å². The molecule has 2 aromatic rings. The molecule has 11 heteroatoms. The first-order valence-electron chi connectivity index (χ1n) is 13.2. The van der Waals surface area contributed by atoms with Crippen LogP contribution in [-0.2, 0) is 30.7 Å². The number of hydrogen-bond donors (Lipinski definition) is 1. The highest BCUT2D eigenvalue weighted by Gasteiger charge is 2.26. The minimum Gasteiger partial charge on any atom is -0.492 e. The van der Waals surface area contributed by atoms with Gasteiger partial charge in [0.25, 0.3) is 0 Å². The van der Waals surface area contributed by atoms with Gasteiger partial charge < -0.3 is 29.2 Å². The van der Waals surface area contributed by atoms with Crippen LogP contribution in [0.5, 0.6) is 11.5 Å². The molecule has 208 valence electrons. The van der Waals surface area contributed by atoms with Crippen molar-refractivity contribution in [3.8, 4) is 11.5 Å². The number of hydrogen-bond acceptors (Lipinski definition) is 8. The molecule has 2 aromatic carbocycles. The summed E-state index contributed by atoms with van der Waals surface area (Å²) in [6, 6.07) is 10.5. The van der Waals surface area contributed by atoms with E-state index in [1.54, 1.807) is 24.3 Å². The molecule has 1 amide bonds. The summed E-state index contributed by atoms with van der Waals surface area (Å²) in [6.07, 6.45) is 0.703. The predicted molar refractivity (Wildman–Crippen MR) is 145 cm³/mol. The lowest BCUT2D eigenvalue weighted by molar-refractivity contribution is -0.116. The Morgan fingerprint density at radius 3 is 2.13 bits per heavy atom. The van der Waals surface area contributed by atoms with Gasteiger partial charge in [-0.1, -0.05) is 12.1 Å². The van der Waals surface area contributed by atoms with Gasteiger partial charge in [-0.2, -0.15) is 4.31 Å². The first-order valence-corrected chi connectivity index (χ1v) is 14.6. The van der Waals surface area contributed by atoms with Crippen LogP contribution < -0.4 is 19.7 Å². The smallest absolute Gasteiger partial charge is 0.243 e. The number of carbonyl (C=O) groups excluding carboxylic acids is 1. The van der Waals surface area contributed by atoms with E-state index in [2.05, 4.69) is 10.2 Å². The maximum Gasteiger partial charge on any atom is 0.243 e. The second-order valence-corrected chi connectivity index (χ2v) is 10.9. The third-order valence-corrected chi connectivity index (χ3v) is 8.37. The molecule has 2 fully saturated rings. The molecular formula is C27H37N3O7S. The Bertz CT molecular complexity index is 1180. The van der Waals surface area contributed by atoms with Crippen molar-refractivity contribution in [3.63, 3.8) is 0 Å². The van der Waals surface area contributed by atoms with E-state index in [-0.39, 0.29) is 17.2 Å². The second kappa shape index (κ2) is 13.3. The van der Waals surface area contributed by atoms with Gasteiger partial charge in [-0.25, -0.2) is 8.42 Å². The highest BCUT2D eigenvalue weighted by molar-refractivity contribution is 7.89. The van der Waals surface area contributed by atoms with Crippen LogP contribution in [0.3, 0.4) is 0 Å². The second-order valence-electron chi connectivity index (χ2n) is 8.99. The Morgan fingerprint density at radius 2 is 1.50 bits per heavy atom. The number of morpholine rings is 2. The van der Waals surface area contributed by atoms with Gasteiger partial charge in [-0.05, 0) is 38.0 Å². The number of nitrogens with zero attached hydrogens (tertiary/aromatic N) is 2. The van der Waals surface area contributed by atoms with Crippen LogP contribution in [0.15, 0.2) is 41.3 Å². The zero-order valence-corrected chi connectivity index (χ0v) is 22.9. The van der Waals surface area contributed by atoms with Gasteiger partial charge in [0.1, 0.15) is 11.5 Å². The minimum atomic E-state index is -3.54. The number of rotatable bonds is 11. The first-order chi connectivity index (χ1) is 18.4. The van der Waals surface area contributed by atoms with Gasteiger partial charge in [0.05, 0.1) is 55.9 Å². The van der Waals surface area contributed by atoms with E-state index in [0.29, 0.717) is 76.3 Å². The number of benzene rings is 2. The van der Waals surface area contributed by atoms with Gasteiger partial charge in [-0.15, -0.1) is 0 Å². The molecule has 2 aliphatic heterocycles. The summed E-state index contributed by atoms with van der Waals surface area (Å²) in [5, 5.41) is 2.97. The van der Waals surface area contributed by atoms with E-state index in [9.17, 15) is 13.2 Å². The average molecular weight is 548 g/mol. The molecule has 2 saturated heterocycles. The highest BCUT2D eigenvalue weighted by atomic mass is 32.2. The molecule has 0 aromatic heterocycles. The normalized spacial score (nSPS) is 16.7. The average Bonchev–Trinajstić information content (AvgIpc) is 2.94. The summed E-state index contributed by atoms with van der Waals surface area (Å²) < 4.78 is 49.6. The molecule has 38 heavy (non-hydrogen) atoms. The van der Waals surface area contributed by atoms with Crippen molar-refractivity contribution in [1.29, 1.82) is 0 Å². The molecular weight excluding hydrogens is 510 g/mol. The standard InChI is InChI=1S/C27H37N3O7S/c1-3-36-25-20-24(29-11-15-34-16-12-29)26(37-4-2)19-23(25)28-27(31)10-7-21-5-8-22(9-6-21)38(32,33)30-13-17-35-18-14-30/h5-6,8-9,19-20H,3-4,7,10-18H2,1-2H3,(H,28,31). The third-order valence-electron chi connectivity index (χ3n) is 6.46. The summed E-state index contributed by atoms with van der Waals surface area (Å²) in [4.78, 5) is 15.3. The Morgan fingerprint density at radius 1 is 0.895 bits per heavy atom. The Labute approximate surface area is 224 Å². The monoisotopic (exact) mass is 547 g/mol. The highest BCUT2D eigenvalue weighted by Crippen LogP contribution is 2.39. The first kappa shape index (κ1) is 28.2. The minimum absolute atomic E-state index is 0.169. The summed E-state index contributed by atoms with van der Waals surface area (Å²) in [7, 11) is -3.54. The molecule has 0 spiro atoms. The van der Waals surface area contributed by atoms with E-state index < -0.39 is 10.0 Å². The summed E-state index contributed by atoms with van der Waals surface area (Å²) in [5.74, 6) is 1.10. The molecule has 1 N–H and O–H groups in total. The molecule has 0 radical (unpaired) electrons. The Kier molecular flexibility index (Phi) is 9.84. The van der Waals surface area contributed by atoms with E-state index in [4.69, 9.17) is 18.9 Å². The largest absolute Gasteiger partial charge is 0.492 e. The van der Waals surface area contributed by atoms with Crippen LogP contribution in [0.4, 0.5) is 11.4 Å². The van der Waals surface area contributed by atoms with E-state index in [1.165, 1.54) is 4.31 Å². The van der Waals surface area contributed by atoms with Crippen LogP contribution in [0.1, 0.15) is 25.8 Å². The van der Waals surface area contributed by atoms with E-state index >= 15 is 0 Å². The molecule has 0 atom stereocenters. The molecule has 2 heterocycles. The van der Waals surface area contributed by atoms with Crippen molar-refractivity contribution >= 4 is 27.3 Å². The third kappa shape index (κ3) is 6.96. The lowest BCUT2D eigenvalue weighted by atomic mass is 10.1. The molecule has 0 saturated carbocycles. The fraction of sp³-hybridized carbons (Fsp3) is 0.519. The quantitative estimate of drug-likeness (QED) is 0.458. The molecule has 2 aliphatic rings. The summed E-state index contributed by atoms with van der Waals surface area (Å²) in [5.41, 5.74) is 2.36. The van der Waals surface area contributed by atoms with Gasteiger partial charge in [0.2, 0.25) is 15.9 Å². The molecule has 10 nitrogen and oxygen atoms in total. The van der Waals surface area contributed by atoms with E-state index in [0.717, 1.165) is 24.3 Å². The predicted octanol–water partition coefficient (Wildman–Crippen LogP) is 2.91. The number of aryl methyl sites for hydroxylation is 1. The lowest BCUT2D eigenvalue weighted by Gasteiger charge is -2.31. The molecule has 4 rings (SSSR count). The van der Waals surface area contributed by atoms with Crippen LogP contribution in [0.2, 0.25) is 0 Å². The zero-order chi connectivity index (χ0) is 27.0. The van der Waals surface area contributed by atoms with Gasteiger partial charge >= 0.3 is 0 Å². The zero-order valence-electron chi connectivity index (χ0n) is 22.1. The Hall–Kier alpha value is -2.86. The number of nitrogens with one attached hydrogen (secondary N) is 1. The number of carbonyl (C=O) groups is 1. The summed E-state index contributed by atoms with van der Waals surface area (Å²) >= 11 is 0. The van der Waals surface area contributed by atoms with Crippen LogP contribution in [-0.4, -0.2) is 84.5 Å². The maximum atomic E-state index is 12.9. The van der Waals surface area contributed by atoms with Gasteiger partial charge in [-0.3, -0.25) is 4.79 Å². The van der Waals surface area contributed by atoms with Gasteiger partial charge in [0.15, 0.2) is 0 Å². The van der Waals surface area contributed by atoms with Crippen molar-refractivity contribution < 1.29 is 32.2 Å². The lowest BCUT2D eigenvalue weighted by Crippen LogP contribution is -2.40. The number of amides is 1. The molecule has 0 unspecified atom stereocenters. The maximum absolute atomic E-state index is 12.9. The van der Waals surface area contributed by atoms with Crippen molar-refractivity contribution in [1.82, 2.24) is 4.31 Å². The number of sulfonamides is 1. The summed E-state index contributed by atoms with van der Waals surface area (Å²) in [6.45, 7) is 9.09. The fourth-order valence-corrected chi connectivity index (χ4v) is 5.89. The van der Waals surface area contributed by atoms with Crippen molar-refractivity contribution in [2.75, 3.05) is 76.0 Å². The van der Waals surface area contributed by atoms with Crippen molar-refractivity contribution in [2.24, 2.45) is 0 Å². The SMILES string of the molecule is CCOc1cc(N2CCOCC2)c(OCC)cc1NC(=O)CCc1ccc(S(=O)(=O)N2CCOCC2)cc1. The Balaban J connectivity index is 1.42. The topological polar surface area (TPSA) is 107 Å². The number of anilines is 2. The molecule has 0 aliphatic carbocycles. The van der Waals surface area contributed by atoms with Crippen LogP contribution in [0, 0.1) is 0 Å². The fourth-order valence-electron chi connectivity index (χ4n) is 4.48.